The molecule has 2 aromatic rings. The molecule has 0 aliphatic rings. The van der Waals surface area contributed by atoms with Crippen molar-refractivity contribution in [1.82, 2.24) is 15.5 Å². The van der Waals surface area contributed by atoms with Gasteiger partial charge in [0.1, 0.15) is 0 Å². The van der Waals surface area contributed by atoms with Gasteiger partial charge in [-0.25, -0.2) is 0 Å². The summed E-state index contributed by atoms with van der Waals surface area (Å²) in [5.74, 6) is 0.741. The Bertz CT molecular complexity index is 581. The van der Waals surface area contributed by atoms with E-state index in [1.165, 1.54) is 0 Å². The van der Waals surface area contributed by atoms with Gasteiger partial charge in [0, 0.05) is 22.9 Å². The molecule has 0 aliphatic heterocycles. The van der Waals surface area contributed by atoms with Crippen molar-refractivity contribution in [2.45, 2.75) is 19.4 Å². The van der Waals surface area contributed by atoms with Crippen molar-refractivity contribution in [3.05, 3.63) is 23.9 Å². The van der Waals surface area contributed by atoms with Gasteiger partial charge in [-0.15, -0.1) is 0 Å². The van der Waals surface area contributed by atoms with Crippen molar-refractivity contribution >= 4 is 34.3 Å². The van der Waals surface area contributed by atoms with E-state index in [1.54, 1.807) is 23.9 Å². The highest BCUT2D eigenvalue weighted by atomic mass is 32.2. The van der Waals surface area contributed by atoms with Gasteiger partial charge in [-0.3, -0.25) is 9.89 Å². The molecule has 1 aromatic carbocycles. The summed E-state index contributed by atoms with van der Waals surface area (Å²) < 4.78 is 0. The Morgan fingerprint density at radius 1 is 1.58 bits per heavy atom. The number of H-pyrrole nitrogens is 1. The molecule has 0 bridgehead atoms. The Labute approximate surface area is 116 Å². The van der Waals surface area contributed by atoms with Crippen LogP contribution < -0.4 is 11.1 Å². The highest BCUT2D eigenvalue weighted by Crippen LogP contribution is 2.19. The number of nitrogens with zero attached hydrogens (tertiary/aromatic N) is 1. The summed E-state index contributed by atoms with van der Waals surface area (Å²) in [6.07, 6.45) is 2.93. The van der Waals surface area contributed by atoms with Crippen molar-refractivity contribution in [3.8, 4) is 0 Å². The molecule has 1 aromatic heterocycles. The molecule has 0 spiro atoms. The molecule has 0 fully saturated rings. The molecule has 0 saturated heterocycles. The van der Waals surface area contributed by atoms with Crippen LogP contribution in [0.2, 0.25) is 0 Å². The summed E-state index contributed by atoms with van der Waals surface area (Å²) in [5.41, 5.74) is 7.60. The number of aromatic amines is 1. The lowest BCUT2D eigenvalue weighted by Crippen LogP contribution is -2.36. The lowest BCUT2D eigenvalue weighted by Gasteiger charge is -2.14. The highest BCUT2D eigenvalue weighted by Gasteiger charge is 2.17. The predicted molar refractivity (Wildman–Crippen MR) is 80.4 cm³/mol. The van der Waals surface area contributed by atoms with Crippen LogP contribution in [-0.2, 0) is 0 Å². The summed E-state index contributed by atoms with van der Waals surface area (Å²) in [5, 5.41) is 10.7. The number of carbonyl (C=O) groups is 1. The van der Waals surface area contributed by atoms with E-state index in [1.807, 2.05) is 12.3 Å². The second-order valence-corrected chi connectivity index (χ2v) is 5.32. The zero-order chi connectivity index (χ0) is 13.8. The SMILES string of the molecule is CCC(CSC)NC(=O)c1n[nH]c2ccc(N)cc12. The van der Waals surface area contributed by atoms with Crippen molar-refractivity contribution in [2.75, 3.05) is 17.7 Å². The molecule has 19 heavy (non-hydrogen) atoms. The molecule has 102 valence electrons. The second-order valence-electron chi connectivity index (χ2n) is 4.41. The third-order valence-electron chi connectivity index (χ3n) is 3.00. The summed E-state index contributed by atoms with van der Waals surface area (Å²) >= 11 is 1.72. The molecule has 6 heteroatoms. The number of anilines is 1. The van der Waals surface area contributed by atoms with Gasteiger partial charge in [-0.05, 0) is 30.9 Å². The molecular formula is C13H18N4OS. The average Bonchev–Trinajstić information content (AvgIpc) is 2.81. The van der Waals surface area contributed by atoms with Gasteiger partial charge in [0.05, 0.1) is 5.52 Å². The number of benzene rings is 1. The van der Waals surface area contributed by atoms with Gasteiger partial charge in [0.25, 0.3) is 5.91 Å². The highest BCUT2D eigenvalue weighted by molar-refractivity contribution is 7.98. The van der Waals surface area contributed by atoms with Gasteiger partial charge in [-0.1, -0.05) is 6.92 Å². The summed E-state index contributed by atoms with van der Waals surface area (Å²) in [4.78, 5) is 12.2. The lowest BCUT2D eigenvalue weighted by molar-refractivity contribution is 0.0936. The topological polar surface area (TPSA) is 83.8 Å². The van der Waals surface area contributed by atoms with Gasteiger partial charge in [0.2, 0.25) is 0 Å². The Hall–Kier alpha value is -1.69. The molecule has 4 N–H and O–H groups in total. The minimum Gasteiger partial charge on any atom is -0.399 e. The molecule has 1 unspecified atom stereocenters. The first kappa shape index (κ1) is 13.7. The third-order valence-corrected chi connectivity index (χ3v) is 3.73. The Kier molecular flexibility index (Phi) is 4.31. The van der Waals surface area contributed by atoms with Crippen molar-refractivity contribution < 1.29 is 4.79 Å². The molecule has 0 saturated carbocycles. The maximum Gasteiger partial charge on any atom is 0.272 e. The number of hydrogen-bond donors (Lipinski definition) is 3. The maximum absolute atomic E-state index is 12.2. The van der Waals surface area contributed by atoms with Crippen LogP contribution in [0, 0.1) is 0 Å². The number of carbonyl (C=O) groups excluding carboxylic acids is 1. The fourth-order valence-corrected chi connectivity index (χ4v) is 2.64. The van der Waals surface area contributed by atoms with E-state index >= 15 is 0 Å². The van der Waals surface area contributed by atoms with Crippen molar-refractivity contribution in [3.63, 3.8) is 0 Å². The average molecular weight is 278 g/mol. The van der Waals surface area contributed by atoms with E-state index < -0.39 is 0 Å². The van der Waals surface area contributed by atoms with Crippen LogP contribution in [0.1, 0.15) is 23.8 Å². The smallest absolute Gasteiger partial charge is 0.272 e. The molecule has 0 aliphatic carbocycles. The van der Waals surface area contributed by atoms with Crippen LogP contribution in [0.15, 0.2) is 18.2 Å². The van der Waals surface area contributed by atoms with Crippen LogP contribution in [0.5, 0.6) is 0 Å². The number of nitrogen functional groups attached to an aromatic ring is 1. The molecular weight excluding hydrogens is 260 g/mol. The van der Waals surface area contributed by atoms with Gasteiger partial charge in [0.15, 0.2) is 5.69 Å². The first-order chi connectivity index (χ1) is 9.15. The molecule has 1 atom stereocenters. The Balaban J connectivity index is 2.23. The first-order valence-electron chi connectivity index (χ1n) is 6.19. The number of thioether (sulfide) groups is 1. The zero-order valence-corrected chi connectivity index (χ0v) is 11.9. The summed E-state index contributed by atoms with van der Waals surface area (Å²) in [6, 6.07) is 5.54. The maximum atomic E-state index is 12.2. The minimum absolute atomic E-state index is 0.155. The van der Waals surface area contributed by atoms with E-state index in [9.17, 15) is 4.79 Å². The summed E-state index contributed by atoms with van der Waals surface area (Å²) in [7, 11) is 0. The third kappa shape index (κ3) is 3.01. The Morgan fingerprint density at radius 2 is 2.37 bits per heavy atom. The number of nitrogens with two attached hydrogens (primary N) is 1. The van der Waals surface area contributed by atoms with Gasteiger partial charge < -0.3 is 11.1 Å². The normalized spacial score (nSPS) is 12.5. The number of hydrogen-bond acceptors (Lipinski definition) is 4. The lowest BCUT2D eigenvalue weighted by atomic mass is 10.1. The fourth-order valence-electron chi connectivity index (χ4n) is 1.92. The van der Waals surface area contributed by atoms with Gasteiger partial charge >= 0.3 is 0 Å². The van der Waals surface area contributed by atoms with E-state index in [0.29, 0.717) is 11.4 Å². The van der Waals surface area contributed by atoms with Crippen molar-refractivity contribution in [1.29, 1.82) is 0 Å². The Morgan fingerprint density at radius 3 is 3.05 bits per heavy atom. The van der Waals surface area contributed by atoms with E-state index in [0.717, 1.165) is 23.1 Å². The molecule has 2 rings (SSSR count). The van der Waals surface area contributed by atoms with Crippen LogP contribution >= 0.6 is 11.8 Å². The van der Waals surface area contributed by atoms with Crippen LogP contribution in [-0.4, -0.2) is 34.2 Å². The second kappa shape index (κ2) is 5.97. The number of amides is 1. The number of nitrogens with one attached hydrogen (secondary N) is 2. The van der Waals surface area contributed by atoms with Crippen LogP contribution in [0.25, 0.3) is 10.9 Å². The monoisotopic (exact) mass is 278 g/mol. The van der Waals surface area contributed by atoms with Crippen LogP contribution in [0.4, 0.5) is 5.69 Å². The first-order valence-corrected chi connectivity index (χ1v) is 7.58. The quantitative estimate of drug-likeness (QED) is 0.731. The van der Waals surface area contributed by atoms with E-state index in [4.69, 9.17) is 5.73 Å². The fraction of sp³-hybridized carbons (Fsp3) is 0.385. The molecule has 5 nitrogen and oxygen atoms in total. The largest absolute Gasteiger partial charge is 0.399 e. The van der Waals surface area contributed by atoms with Gasteiger partial charge in [-0.2, -0.15) is 16.9 Å². The standard InChI is InChI=1S/C13H18N4OS/c1-3-9(7-19-2)15-13(18)12-10-6-8(14)4-5-11(10)16-17-12/h4-6,9H,3,7,14H2,1-2H3,(H,15,18)(H,16,17). The zero-order valence-electron chi connectivity index (χ0n) is 11.1. The minimum atomic E-state index is -0.155. The predicted octanol–water partition coefficient (Wildman–Crippen LogP) is 2.02. The molecule has 1 heterocycles. The molecule has 0 radical (unpaired) electrons. The van der Waals surface area contributed by atoms with Crippen molar-refractivity contribution in [2.24, 2.45) is 0 Å². The number of aromatic nitrogens is 2. The van der Waals surface area contributed by atoms with E-state index in [-0.39, 0.29) is 11.9 Å². The molecule has 1 amide bonds. The van der Waals surface area contributed by atoms with Crippen LogP contribution in [0.3, 0.4) is 0 Å². The number of fused-ring (bicyclic) bond motifs is 1. The summed E-state index contributed by atoms with van der Waals surface area (Å²) in [6.45, 7) is 2.06. The number of rotatable bonds is 5. The van der Waals surface area contributed by atoms with E-state index in [2.05, 4.69) is 22.4 Å².